The van der Waals surface area contributed by atoms with Crippen LogP contribution < -0.4 is 4.74 Å². The molecular formula is C11H13NO5. The van der Waals surface area contributed by atoms with Gasteiger partial charge in [0.05, 0.1) is 24.0 Å². The van der Waals surface area contributed by atoms with E-state index in [1.54, 1.807) is 6.07 Å². The lowest BCUT2D eigenvalue weighted by atomic mass is 10.00. The van der Waals surface area contributed by atoms with E-state index < -0.39 is 16.8 Å². The van der Waals surface area contributed by atoms with Crippen LogP contribution in [0.5, 0.6) is 5.75 Å². The third-order valence-electron chi connectivity index (χ3n) is 2.44. The highest BCUT2D eigenvalue weighted by atomic mass is 16.6. The summed E-state index contributed by atoms with van der Waals surface area (Å²) in [7, 11) is 1.42. The van der Waals surface area contributed by atoms with E-state index in [0.717, 1.165) is 0 Å². The Kier molecular flexibility index (Phi) is 4.03. The zero-order valence-corrected chi connectivity index (χ0v) is 9.54. The third kappa shape index (κ3) is 3.17. The number of aliphatic carboxylic acids is 1. The number of hydrogen-bond acceptors (Lipinski definition) is 4. The van der Waals surface area contributed by atoms with Gasteiger partial charge in [0, 0.05) is 5.56 Å². The van der Waals surface area contributed by atoms with Gasteiger partial charge in [-0.05, 0) is 18.6 Å². The average molecular weight is 239 g/mol. The molecule has 0 aliphatic heterocycles. The maximum absolute atomic E-state index is 10.8. The van der Waals surface area contributed by atoms with Crippen LogP contribution in [0.3, 0.4) is 0 Å². The number of carboxylic acid groups (broad SMARTS) is 1. The lowest BCUT2D eigenvalue weighted by Gasteiger charge is -2.08. The molecule has 17 heavy (non-hydrogen) atoms. The summed E-state index contributed by atoms with van der Waals surface area (Å²) < 4.78 is 4.89. The highest BCUT2D eigenvalue weighted by Crippen LogP contribution is 2.26. The quantitative estimate of drug-likeness (QED) is 0.625. The highest BCUT2D eigenvalue weighted by molar-refractivity contribution is 5.70. The number of ether oxygens (including phenoxy) is 1. The number of benzene rings is 1. The molecule has 0 saturated heterocycles. The second kappa shape index (κ2) is 5.29. The van der Waals surface area contributed by atoms with Gasteiger partial charge in [0.2, 0.25) is 0 Å². The Bertz CT molecular complexity index is 443. The van der Waals surface area contributed by atoms with Crippen LogP contribution in [0.25, 0.3) is 0 Å². The number of rotatable bonds is 5. The Morgan fingerprint density at radius 2 is 2.24 bits per heavy atom. The predicted octanol–water partition coefficient (Wildman–Crippen LogP) is 1.87. The standard InChI is InChI=1S/C11H13NO5/c1-7(11(13)14)5-8-3-4-9(17-2)6-10(8)12(15)16/h3-4,6-7H,5H2,1-2H3,(H,13,14). The number of methoxy groups -OCH3 is 1. The first-order valence-electron chi connectivity index (χ1n) is 4.99. The Hall–Kier alpha value is -2.11. The van der Waals surface area contributed by atoms with Crippen molar-refractivity contribution in [3.05, 3.63) is 33.9 Å². The van der Waals surface area contributed by atoms with Crippen LogP contribution in [-0.2, 0) is 11.2 Å². The molecule has 0 aliphatic carbocycles. The zero-order chi connectivity index (χ0) is 13.0. The summed E-state index contributed by atoms with van der Waals surface area (Å²) in [4.78, 5) is 21.0. The molecule has 6 heteroatoms. The van der Waals surface area contributed by atoms with E-state index >= 15 is 0 Å². The summed E-state index contributed by atoms with van der Waals surface area (Å²) in [5.41, 5.74) is 0.281. The summed E-state index contributed by atoms with van der Waals surface area (Å²) in [6, 6.07) is 4.40. The molecule has 0 bridgehead atoms. The van der Waals surface area contributed by atoms with Gasteiger partial charge in [-0.2, -0.15) is 0 Å². The molecule has 92 valence electrons. The van der Waals surface area contributed by atoms with Gasteiger partial charge in [-0.1, -0.05) is 6.92 Å². The SMILES string of the molecule is COc1ccc(CC(C)C(=O)O)c([N+](=O)[O-])c1. The first kappa shape index (κ1) is 13.0. The molecule has 1 unspecified atom stereocenters. The van der Waals surface area contributed by atoms with Gasteiger partial charge in [-0.15, -0.1) is 0 Å². The predicted molar refractivity (Wildman–Crippen MR) is 60.2 cm³/mol. The Morgan fingerprint density at radius 3 is 2.71 bits per heavy atom. The van der Waals surface area contributed by atoms with Crippen LogP contribution in [0.4, 0.5) is 5.69 Å². The van der Waals surface area contributed by atoms with Gasteiger partial charge in [-0.25, -0.2) is 0 Å². The van der Waals surface area contributed by atoms with Gasteiger partial charge in [0.25, 0.3) is 5.69 Å². The Balaban J connectivity index is 3.06. The van der Waals surface area contributed by atoms with Crippen molar-refractivity contribution in [2.75, 3.05) is 7.11 Å². The van der Waals surface area contributed by atoms with Crippen molar-refractivity contribution >= 4 is 11.7 Å². The van der Waals surface area contributed by atoms with E-state index in [2.05, 4.69) is 0 Å². The van der Waals surface area contributed by atoms with Crippen molar-refractivity contribution in [3.63, 3.8) is 0 Å². The van der Waals surface area contributed by atoms with E-state index in [0.29, 0.717) is 11.3 Å². The van der Waals surface area contributed by atoms with Crippen LogP contribution in [0.2, 0.25) is 0 Å². The Labute approximate surface area is 98.0 Å². The molecule has 0 fully saturated rings. The summed E-state index contributed by atoms with van der Waals surface area (Å²) in [5.74, 6) is -1.26. The molecule has 0 heterocycles. The van der Waals surface area contributed by atoms with Crippen molar-refractivity contribution in [2.24, 2.45) is 5.92 Å². The molecule has 1 aromatic rings. The summed E-state index contributed by atoms with van der Waals surface area (Å²) in [6.07, 6.45) is 0.121. The largest absolute Gasteiger partial charge is 0.497 e. The zero-order valence-electron chi connectivity index (χ0n) is 9.54. The van der Waals surface area contributed by atoms with Crippen LogP contribution in [0.1, 0.15) is 12.5 Å². The molecule has 0 spiro atoms. The lowest BCUT2D eigenvalue weighted by molar-refractivity contribution is -0.385. The van der Waals surface area contributed by atoms with Crippen molar-refractivity contribution in [1.82, 2.24) is 0 Å². The number of carbonyl (C=O) groups is 1. The van der Waals surface area contributed by atoms with E-state index in [1.165, 1.54) is 26.2 Å². The number of nitrogens with zero attached hydrogens (tertiary/aromatic N) is 1. The fraction of sp³-hybridized carbons (Fsp3) is 0.364. The number of hydrogen-bond donors (Lipinski definition) is 1. The molecular weight excluding hydrogens is 226 g/mol. The van der Waals surface area contributed by atoms with Gasteiger partial charge in [0.15, 0.2) is 0 Å². The summed E-state index contributed by atoms with van der Waals surface area (Å²) in [5, 5.41) is 19.6. The van der Waals surface area contributed by atoms with Gasteiger partial charge in [-0.3, -0.25) is 14.9 Å². The molecule has 1 rings (SSSR count). The maximum Gasteiger partial charge on any atom is 0.306 e. The van der Waals surface area contributed by atoms with Crippen molar-refractivity contribution in [3.8, 4) is 5.75 Å². The van der Waals surface area contributed by atoms with Crippen LogP contribution in [0, 0.1) is 16.0 Å². The van der Waals surface area contributed by atoms with Gasteiger partial charge in [0.1, 0.15) is 5.75 Å². The third-order valence-corrected chi connectivity index (χ3v) is 2.44. The summed E-state index contributed by atoms with van der Waals surface area (Å²) in [6.45, 7) is 1.51. The topological polar surface area (TPSA) is 89.7 Å². The normalized spacial score (nSPS) is 11.9. The van der Waals surface area contributed by atoms with Crippen LogP contribution in [-0.4, -0.2) is 23.1 Å². The smallest absolute Gasteiger partial charge is 0.306 e. The minimum atomic E-state index is -0.977. The maximum atomic E-state index is 10.8. The molecule has 0 aliphatic rings. The molecule has 0 amide bonds. The first-order valence-corrected chi connectivity index (χ1v) is 4.99. The van der Waals surface area contributed by atoms with Crippen LogP contribution >= 0.6 is 0 Å². The molecule has 0 radical (unpaired) electrons. The minimum absolute atomic E-state index is 0.113. The monoisotopic (exact) mass is 239 g/mol. The molecule has 0 aromatic heterocycles. The first-order chi connectivity index (χ1) is 7.95. The molecule has 6 nitrogen and oxygen atoms in total. The second-order valence-electron chi connectivity index (χ2n) is 3.70. The van der Waals surface area contributed by atoms with Crippen molar-refractivity contribution < 1.29 is 19.6 Å². The van der Waals surface area contributed by atoms with Crippen LogP contribution in [0.15, 0.2) is 18.2 Å². The van der Waals surface area contributed by atoms with E-state index in [-0.39, 0.29) is 12.1 Å². The average Bonchev–Trinajstić information content (AvgIpc) is 2.29. The van der Waals surface area contributed by atoms with Crippen molar-refractivity contribution in [2.45, 2.75) is 13.3 Å². The lowest BCUT2D eigenvalue weighted by Crippen LogP contribution is -2.13. The fourth-order valence-electron chi connectivity index (χ4n) is 1.43. The second-order valence-corrected chi connectivity index (χ2v) is 3.70. The number of nitro groups is 1. The molecule has 1 N–H and O–H groups in total. The van der Waals surface area contributed by atoms with E-state index in [9.17, 15) is 14.9 Å². The number of nitro benzene ring substituents is 1. The minimum Gasteiger partial charge on any atom is -0.497 e. The highest BCUT2D eigenvalue weighted by Gasteiger charge is 2.20. The molecule has 0 saturated carbocycles. The summed E-state index contributed by atoms with van der Waals surface area (Å²) >= 11 is 0. The van der Waals surface area contributed by atoms with Gasteiger partial charge >= 0.3 is 5.97 Å². The molecule has 1 aromatic carbocycles. The van der Waals surface area contributed by atoms with Crippen molar-refractivity contribution in [1.29, 1.82) is 0 Å². The van der Waals surface area contributed by atoms with Gasteiger partial charge < -0.3 is 9.84 Å². The van der Waals surface area contributed by atoms with E-state index in [4.69, 9.17) is 9.84 Å². The van der Waals surface area contributed by atoms with E-state index in [1.807, 2.05) is 0 Å². The Morgan fingerprint density at radius 1 is 1.59 bits per heavy atom. The fourth-order valence-corrected chi connectivity index (χ4v) is 1.43. The molecule has 1 atom stereocenters. The number of carboxylic acids is 1.